The molecule has 20 heavy (non-hydrogen) atoms. The molecule has 0 heterocycles. The zero-order valence-electron chi connectivity index (χ0n) is 10.3. The molecule has 0 aliphatic carbocycles. The molecule has 0 radical (unpaired) electrons. The largest absolute Gasteiger partial charge is 0.398 e. The molecule has 0 aliphatic heterocycles. The Morgan fingerprint density at radius 1 is 1.15 bits per heavy atom. The number of nitrogen functional groups attached to an aromatic ring is 1. The maximum atomic E-state index is 13.7. The summed E-state index contributed by atoms with van der Waals surface area (Å²) in [5.74, 6) is -0.635. The van der Waals surface area contributed by atoms with Gasteiger partial charge in [-0.1, -0.05) is 6.07 Å². The molecular formula is C14H11FI2N2O. The lowest BCUT2D eigenvalue weighted by molar-refractivity contribution is 0.0951. The fourth-order valence-electron chi connectivity index (χ4n) is 1.68. The SMILES string of the molecule is Nc1cc(I)ccc1C(=O)NCc1ccc(I)cc1F. The maximum absolute atomic E-state index is 13.7. The summed E-state index contributed by atoms with van der Waals surface area (Å²) in [7, 11) is 0. The molecule has 0 aliphatic rings. The lowest BCUT2D eigenvalue weighted by Gasteiger charge is -2.09. The standard InChI is InChI=1S/C14H11FI2N2O/c15-12-5-9(16)2-1-8(12)7-19-14(20)11-4-3-10(17)6-13(11)18/h1-6H,7,18H2,(H,19,20). The Labute approximate surface area is 143 Å². The van der Waals surface area contributed by atoms with Crippen LogP contribution in [-0.4, -0.2) is 5.91 Å². The van der Waals surface area contributed by atoms with E-state index in [2.05, 4.69) is 27.9 Å². The minimum Gasteiger partial charge on any atom is -0.398 e. The summed E-state index contributed by atoms with van der Waals surface area (Å²) in [5.41, 5.74) is 7.06. The number of nitrogens with two attached hydrogens (primary N) is 1. The van der Waals surface area contributed by atoms with E-state index in [9.17, 15) is 9.18 Å². The number of anilines is 1. The third-order valence-electron chi connectivity index (χ3n) is 2.71. The monoisotopic (exact) mass is 496 g/mol. The van der Waals surface area contributed by atoms with Gasteiger partial charge in [0, 0.05) is 24.9 Å². The van der Waals surface area contributed by atoms with Crippen molar-refractivity contribution < 1.29 is 9.18 Å². The molecule has 104 valence electrons. The molecule has 0 aromatic heterocycles. The molecule has 2 rings (SSSR count). The summed E-state index contributed by atoms with van der Waals surface area (Å²) in [5, 5.41) is 2.67. The number of rotatable bonds is 3. The smallest absolute Gasteiger partial charge is 0.253 e. The molecule has 3 N–H and O–H groups in total. The summed E-state index contributed by atoms with van der Waals surface area (Å²) in [6.45, 7) is 0.132. The number of carbonyl (C=O) groups excluding carboxylic acids is 1. The number of carbonyl (C=O) groups is 1. The molecule has 0 bridgehead atoms. The molecule has 3 nitrogen and oxygen atoms in total. The van der Waals surface area contributed by atoms with Gasteiger partial charge in [-0.25, -0.2) is 4.39 Å². The fourth-order valence-corrected chi connectivity index (χ4v) is 2.64. The van der Waals surface area contributed by atoms with Gasteiger partial charge in [-0.15, -0.1) is 0 Å². The van der Waals surface area contributed by atoms with E-state index >= 15 is 0 Å². The van der Waals surface area contributed by atoms with Crippen molar-refractivity contribution in [3.8, 4) is 0 Å². The van der Waals surface area contributed by atoms with E-state index in [1.807, 2.05) is 22.6 Å². The average molecular weight is 496 g/mol. The second-order valence-corrected chi connectivity index (χ2v) is 6.64. The topological polar surface area (TPSA) is 55.1 Å². The molecule has 6 heteroatoms. The molecule has 0 saturated carbocycles. The summed E-state index contributed by atoms with van der Waals surface area (Å²) in [6.07, 6.45) is 0. The predicted octanol–water partition coefficient (Wildman–Crippen LogP) is 3.55. The van der Waals surface area contributed by atoms with E-state index in [1.165, 1.54) is 6.07 Å². The van der Waals surface area contributed by atoms with Crippen LogP contribution >= 0.6 is 45.2 Å². The highest BCUT2D eigenvalue weighted by molar-refractivity contribution is 14.1. The Kier molecular flexibility index (Phi) is 5.19. The van der Waals surface area contributed by atoms with Crippen LogP contribution in [0.25, 0.3) is 0 Å². The second-order valence-electron chi connectivity index (χ2n) is 4.15. The first kappa shape index (κ1) is 15.5. The van der Waals surface area contributed by atoms with Crippen molar-refractivity contribution in [2.75, 3.05) is 5.73 Å². The van der Waals surface area contributed by atoms with E-state index in [0.717, 1.165) is 7.14 Å². The van der Waals surface area contributed by atoms with Gasteiger partial charge in [-0.2, -0.15) is 0 Å². The van der Waals surface area contributed by atoms with Gasteiger partial charge in [0.15, 0.2) is 0 Å². The lowest BCUT2D eigenvalue weighted by atomic mass is 10.1. The third kappa shape index (κ3) is 3.81. The fraction of sp³-hybridized carbons (Fsp3) is 0.0714. The quantitative estimate of drug-likeness (QED) is 0.505. The Bertz CT molecular complexity index is 662. The van der Waals surface area contributed by atoms with Crippen LogP contribution in [0.4, 0.5) is 10.1 Å². The zero-order valence-corrected chi connectivity index (χ0v) is 14.6. The van der Waals surface area contributed by atoms with Crippen molar-refractivity contribution in [3.63, 3.8) is 0 Å². The minimum atomic E-state index is -0.326. The maximum Gasteiger partial charge on any atom is 0.253 e. The molecule has 0 atom stereocenters. The van der Waals surface area contributed by atoms with Crippen molar-refractivity contribution in [1.82, 2.24) is 5.32 Å². The van der Waals surface area contributed by atoms with Crippen LogP contribution in [0.3, 0.4) is 0 Å². The molecule has 1 amide bonds. The highest BCUT2D eigenvalue weighted by Crippen LogP contribution is 2.16. The first-order chi connectivity index (χ1) is 9.47. The van der Waals surface area contributed by atoms with Gasteiger partial charge in [0.1, 0.15) is 5.82 Å². The van der Waals surface area contributed by atoms with Gasteiger partial charge in [-0.3, -0.25) is 4.79 Å². The van der Waals surface area contributed by atoms with Crippen molar-refractivity contribution in [2.24, 2.45) is 0 Å². The van der Waals surface area contributed by atoms with Crippen LogP contribution in [0.15, 0.2) is 36.4 Å². The summed E-state index contributed by atoms with van der Waals surface area (Å²) in [4.78, 5) is 12.0. The lowest BCUT2D eigenvalue weighted by Crippen LogP contribution is -2.24. The summed E-state index contributed by atoms with van der Waals surface area (Å²) in [6, 6.07) is 10.1. The molecule has 0 saturated heterocycles. The summed E-state index contributed by atoms with van der Waals surface area (Å²) >= 11 is 4.16. The van der Waals surface area contributed by atoms with E-state index in [0.29, 0.717) is 16.8 Å². The zero-order chi connectivity index (χ0) is 14.7. The van der Waals surface area contributed by atoms with Crippen molar-refractivity contribution in [3.05, 3.63) is 60.5 Å². The van der Waals surface area contributed by atoms with Crippen molar-refractivity contribution >= 4 is 56.8 Å². The highest BCUT2D eigenvalue weighted by atomic mass is 127. The predicted molar refractivity (Wildman–Crippen MR) is 93.9 cm³/mol. The number of hydrogen-bond donors (Lipinski definition) is 2. The van der Waals surface area contributed by atoms with Crippen LogP contribution in [0.2, 0.25) is 0 Å². The van der Waals surface area contributed by atoms with E-state index < -0.39 is 0 Å². The van der Waals surface area contributed by atoms with E-state index in [4.69, 9.17) is 5.73 Å². The van der Waals surface area contributed by atoms with E-state index in [1.54, 1.807) is 30.3 Å². The Balaban J connectivity index is 2.08. The normalized spacial score (nSPS) is 10.3. The first-order valence-electron chi connectivity index (χ1n) is 5.74. The number of nitrogens with one attached hydrogen (secondary N) is 1. The minimum absolute atomic E-state index is 0.132. The Morgan fingerprint density at radius 2 is 1.80 bits per heavy atom. The second kappa shape index (κ2) is 6.70. The Morgan fingerprint density at radius 3 is 2.45 bits per heavy atom. The first-order valence-corrected chi connectivity index (χ1v) is 7.90. The van der Waals surface area contributed by atoms with E-state index in [-0.39, 0.29) is 18.3 Å². The van der Waals surface area contributed by atoms with Crippen LogP contribution in [0, 0.1) is 13.0 Å². The molecule has 2 aromatic rings. The molecular weight excluding hydrogens is 485 g/mol. The number of hydrogen-bond acceptors (Lipinski definition) is 2. The van der Waals surface area contributed by atoms with Crippen LogP contribution < -0.4 is 11.1 Å². The van der Waals surface area contributed by atoms with Crippen LogP contribution in [0.5, 0.6) is 0 Å². The van der Waals surface area contributed by atoms with Gasteiger partial charge >= 0.3 is 0 Å². The number of benzene rings is 2. The Hall–Kier alpha value is -0.900. The van der Waals surface area contributed by atoms with Crippen molar-refractivity contribution in [1.29, 1.82) is 0 Å². The highest BCUT2D eigenvalue weighted by Gasteiger charge is 2.11. The van der Waals surface area contributed by atoms with Crippen LogP contribution in [-0.2, 0) is 6.54 Å². The van der Waals surface area contributed by atoms with Gasteiger partial charge < -0.3 is 11.1 Å². The molecule has 2 aromatic carbocycles. The molecule has 0 unspecified atom stereocenters. The van der Waals surface area contributed by atoms with Gasteiger partial charge in [0.25, 0.3) is 5.91 Å². The molecule has 0 fully saturated rings. The average Bonchev–Trinajstić information content (AvgIpc) is 2.37. The van der Waals surface area contributed by atoms with Crippen LogP contribution in [0.1, 0.15) is 15.9 Å². The number of amides is 1. The van der Waals surface area contributed by atoms with Gasteiger partial charge in [0.2, 0.25) is 0 Å². The third-order valence-corrected chi connectivity index (χ3v) is 4.05. The molecule has 0 spiro atoms. The van der Waals surface area contributed by atoms with Gasteiger partial charge in [0.05, 0.1) is 5.56 Å². The van der Waals surface area contributed by atoms with Gasteiger partial charge in [-0.05, 0) is 75.5 Å². The van der Waals surface area contributed by atoms with Crippen molar-refractivity contribution in [2.45, 2.75) is 6.54 Å². The number of halogens is 3. The summed E-state index contributed by atoms with van der Waals surface area (Å²) < 4.78 is 15.4.